The van der Waals surface area contributed by atoms with Gasteiger partial charge in [0.1, 0.15) is 5.76 Å². The summed E-state index contributed by atoms with van der Waals surface area (Å²) in [5, 5.41) is 5.82. The topological polar surface area (TPSA) is 54.3 Å². The molecule has 0 unspecified atom stereocenters. The highest BCUT2D eigenvalue weighted by molar-refractivity contribution is 5.74. The molecule has 4 heteroatoms. The van der Waals surface area contributed by atoms with E-state index in [-0.39, 0.29) is 12.1 Å². The number of hydrogen-bond acceptors (Lipinski definition) is 2. The van der Waals surface area contributed by atoms with Crippen molar-refractivity contribution in [3.63, 3.8) is 0 Å². The number of hydrogen-bond donors (Lipinski definition) is 2. The van der Waals surface area contributed by atoms with Crippen LogP contribution in [0, 0.1) is 0 Å². The molecule has 0 saturated heterocycles. The first-order valence-electron chi connectivity index (χ1n) is 7.34. The highest BCUT2D eigenvalue weighted by atomic mass is 16.3. The molecule has 4 nitrogen and oxygen atoms in total. The summed E-state index contributed by atoms with van der Waals surface area (Å²) in [5.41, 5.74) is 1.23. The van der Waals surface area contributed by atoms with Crippen LogP contribution in [0.2, 0.25) is 0 Å². The molecule has 0 radical (unpaired) electrons. The van der Waals surface area contributed by atoms with E-state index in [4.69, 9.17) is 4.42 Å². The third-order valence-corrected chi connectivity index (χ3v) is 3.32. The molecule has 1 atom stereocenters. The van der Waals surface area contributed by atoms with Crippen LogP contribution in [0.3, 0.4) is 0 Å². The second-order valence-electron chi connectivity index (χ2n) is 5.15. The Balaban J connectivity index is 1.60. The van der Waals surface area contributed by atoms with Gasteiger partial charge >= 0.3 is 6.03 Å². The number of carbonyl (C=O) groups excluding carboxylic acids is 1. The molecule has 112 valence electrons. The van der Waals surface area contributed by atoms with Gasteiger partial charge in [-0.3, -0.25) is 0 Å². The Hall–Kier alpha value is -2.23. The minimum atomic E-state index is -0.113. The average Bonchev–Trinajstić information content (AvgIpc) is 2.99. The second-order valence-corrected chi connectivity index (χ2v) is 5.15. The Bertz CT molecular complexity index is 523. The molecule has 2 N–H and O–H groups in total. The van der Waals surface area contributed by atoms with Gasteiger partial charge in [-0.05, 0) is 37.5 Å². The van der Waals surface area contributed by atoms with E-state index < -0.39 is 0 Å². The van der Waals surface area contributed by atoms with E-state index in [1.807, 2.05) is 37.3 Å². The Morgan fingerprint density at radius 3 is 2.67 bits per heavy atom. The molecular weight excluding hydrogens is 264 g/mol. The van der Waals surface area contributed by atoms with Crippen molar-refractivity contribution in [2.45, 2.75) is 32.2 Å². The molecule has 0 spiro atoms. The fourth-order valence-corrected chi connectivity index (χ4v) is 2.13. The van der Waals surface area contributed by atoms with Crippen LogP contribution in [0.25, 0.3) is 0 Å². The van der Waals surface area contributed by atoms with Gasteiger partial charge in [-0.2, -0.15) is 0 Å². The minimum absolute atomic E-state index is 0.113. The molecule has 0 bridgehead atoms. The predicted molar refractivity (Wildman–Crippen MR) is 83.2 cm³/mol. The number of urea groups is 1. The number of furan rings is 1. The van der Waals surface area contributed by atoms with Crippen LogP contribution in [0.4, 0.5) is 4.79 Å². The van der Waals surface area contributed by atoms with Crippen molar-refractivity contribution in [1.82, 2.24) is 10.6 Å². The zero-order valence-corrected chi connectivity index (χ0v) is 12.3. The quantitative estimate of drug-likeness (QED) is 0.821. The third-order valence-electron chi connectivity index (χ3n) is 3.32. The van der Waals surface area contributed by atoms with Gasteiger partial charge in [0.25, 0.3) is 0 Å². The maximum atomic E-state index is 11.8. The van der Waals surface area contributed by atoms with Crippen molar-refractivity contribution >= 4 is 6.03 Å². The van der Waals surface area contributed by atoms with Crippen LogP contribution < -0.4 is 10.6 Å². The maximum Gasteiger partial charge on any atom is 0.315 e. The van der Waals surface area contributed by atoms with Gasteiger partial charge < -0.3 is 15.1 Å². The lowest BCUT2D eigenvalue weighted by molar-refractivity contribution is 0.237. The van der Waals surface area contributed by atoms with Crippen molar-refractivity contribution in [3.8, 4) is 0 Å². The van der Waals surface area contributed by atoms with E-state index in [2.05, 4.69) is 22.8 Å². The molecule has 1 aromatic heterocycles. The first-order chi connectivity index (χ1) is 10.2. The van der Waals surface area contributed by atoms with Crippen LogP contribution in [-0.2, 0) is 12.8 Å². The predicted octanol–water partition coefficient (Wildman–Crippen LogP) is 3.14. The van der Waals surface area contributed by atoms with E-state index in [1.165, 1.54) is 5.56 Å². The summed E-state index contributed by atoms with van der Waals surface area (Å²) in [6.07, 6.45) is 4.21. The molecule has 2 aromatic rings. The number of rotatable bonds is 7. The van der Waals surface area contributed by atoms with Crippen LogP contribution in [0.15, 0.2) is 53.1 Å². The molecule has 1 aromatic carbocycles. The summed E-state index contributed by atoms with van der Waals surface area (Å²) in [5.74, 6) is 0.952. The molecule has 2 rings (SSSR count). The highest BCUT2D eigenvalue weighted by Crippen LogP contribution is 2.05. The number of carbonyl (C=O) groups is 1. The van der Waals surface area contributed by atoms with Crippen molar-refractivity contribution in [1.29, 1.82) is 0 Å². The lowest BCUT2D eigenvalue weighted by atomic mass is 10.1. The Kier molecular flexibility index (Phi) is 5.88. The van der Waals surface area contributed by atoms with Crippen LogP contribution >= 0.6 is 0 Å². The van der Waals surface area contributed by atoms with Crippen molar-refractivity contribution in [2.75, 3.05) is 6.54 Å². The molecular formula is C17H22N2O2. The zero-order chi connectivity index (χ0) is 14.9. The number of amides is 2. The summed E-state index contributed by atoms with van der Waals surface area (Å²) < 4.78 is 5.27. The second kappa shape index (κ2) is 8.15. The largest absolute Gasteiger partial charge is 0.469 e. The van der Waals surface area contributed by atoms with E-state index in [0.29, 0.717) is 6.54 Å². The number of aryl methyl sites for hydroxylation is 1. The van der Waals surface area contributed by atoms with Gasteiger partial charge in [-0.1, -0.05) is 30.3 Å². The monoisotopic (exact) mass is 286 g/mol. The summed E-state index contributed by atoms with van der Waals surface area (Å²) >= 11 is 0. The third kappa shape index (κ3) is 5.73. The molecule has 0 fully saturated rings. The molecule has 0 aliphatic heterocycles. The first-order valence-corrected chi connectivity index (χ1v) is 7.34. The molecule has 0 aliphatic carbocycles. The Morgan fingerprint density at radius 1 is 1.14 bits per heavy atom. The number of benzene rings is 1. The van der Waals surface area contributed by atoms with E-state index in [0.717, 1.165) is 25.0 Å². The van der Waals surface area contributed by atoms with E-state index >= 15 is 0 Å². The fourth-order valence-electron chi connectivity index (χ4n) is 2.13. The van der Waals surface area contributed by atoms with Gasteiger partial charge in [0.15, 0.2) is 0 Å². The highest BCUT2D eigenvalue weighted by Gasteiger charge is 2.07. The normalized spacial score (nSPS) is 11.9. The summed E-state index contributed by atoms with van der Waals surface area (Å²) in [6, 6.07) is 14.0. The van der Waals surface area contributed by atoms with Crippen LogP contribution in [0.1, 0.15) is 24.7 Å². The lowest BCUT2D eigenvalue weighted by Crippen LogP contribution is -2.41. The van der Waals surface area contributed by atoms with Gasteiger partial charge in [0.05, 0.1) is 6.26 Å². The average molecular weight is 286 g/mol. The SMILES string of the molecule is C[C@@H](CCc1ccco1)NC(=O)NCCc1ccccc1. The standard InChI is InChI=1S/C17H22N2O2/c1-14(9-10-16-8-5-13-21-16)19-17(20)18-12-11-15-6-3-2-4-7-15/h2-8,13-14H,9-12H2,1H3,(H2,18,19,20)/t14-/m0/s1. The van der Waals surface area contributed by atoms with Crippen molar-refractivity contribution in [2.24, 2.45) is 0 Å². The maximum absolute atomic E-state index is 11.8. The van der Waals surface area contributed by atoms with Gasteiger partial charge in [-0.15, -0.1) is 0 Å². The van der Waals surface area contributed by atoms with E-state index in [9.17, 15) is 4.79 Å². The fraction of sp³-hybridized carbons (Fsp3) is 0.353. The number of nitrogens with one attached hydrogen (secondary N) is 2. The van der Waals surface area contributed by atoms with Gasteiger partial charge in [0.2, 0.25) is 0 Å². The zero-order valence-electron chi connectivity index (χ0n) is 12.3. The minimum Gasteiger partial charge on any atom is -0.469 e. The van der Waals surface area contributed by atoms with Gasteiger partial charge in [0, 0.05) is 19.0 Å². The van der Waals surface area contributed by atoms with E-state index in [1.54, 1.807) is 6.26 Å². The van der Waals surface area contributed by atoms with Crippen molar-refractivity contribution in [3.05, 3.63) is 60.1 Å². The Morgan fingerprint density at radius 2 is 1.95 bits per heavy atom. The Labute approximate surface area is 125 Å². The lowest BCUT2D eigenvalue weighted by Gasteiger charge is -2.14. The van der Waals surface area contributed by atoms with Crippen LogP contribution in [-0.4, -0.2) is 18.6 Å². The molecule has 1 heterocycles. The smallest absolute Gasteiger partial charge is 0.315 e. The van der Waals surface area contributed by atoms with Gasteiger partial charge in [-0.25, -0.2) is 4.79 Å². The van der Waals surface area contributed by atoms with Crippen LogP contribution in [0.5, 0.6) is 0 Å². The first kappa shape index (κ1) is 15.2. The summed E-state index contributed by atoms with van der Waals surface area (Å²) in [4.78, 5) is 11.8. The molecule has 0 saturated carbocycles. The molecule has 0 aliphatic rings. The molecule has 21 heavy (non-hydrogen) atoms. The van der Waals surface area contributed by atoms with Crippen molar-refractivity contribution < 1.29 is 9.21 Å². The summed E-state index contributed by atoms with van der Waals surface area (Å²) in [6.45, 7) is 2.64. The summed E-state index contributed by atoms with van der Waals surface area (Å²) in [7, 11) is 0. The molecule has 2 amide bonds.